The third kappa shape index (κ3) is 6.06. The zero-order valence-corrected chi connectivity index (χ0v) is 21.8. The van der Waals surface area contributed by atoms with E-state index in [4.69, 9.17) is 4.74 Å². The van der Waals surface area contributed by atoms with Crippen molar-refractivity contribution in [3.05, 3.63) is 54.8 Å². The van der Waals surface area contributed by atoms with Crippen LogP contribution in [0, 0.1) is 11.7 Å². The largest absolute Gasteiger partial charge is 0.451 e. The first kappa shape index (κ1) is 26.3. The van der Waals surface area contributed by atoms with Gasteiger partial charge >= 0.3 is 0 Å². The van der Waals surface area contributed by atoms with Gasteiger partial charge in [0.1, 0.15) is 24.2 Å². The van der Waals surface area contributed by atoms with Crippen molar-refractivity contribution in [3.8, 4) is 22.6 Å². The van der Waals surface area contributed by atoms with E-state index in [2.05, 4.69) is 29.7 Å². The summed E-state index contributed by atoms with van der Waals surface area (Å²) in [5, 5.41) is 0. The smallest absolute Gasteiger partial charge is 0.248 e. The molecule has 2 aliphatic rings. The first-order valence-electron chi connectivity index (χ1n) is 13.2. The van der Waals surface area contributed by atoms with E-state index in [0.717, 1.165) is 25.2 Å². The monoisotopic (exact) mass is 526 g/mol. The second-order valence-corrected chi connectivity index (χ2v) is 10.5. The molecule has 1 saturated carbocycles. The molecule has 0 spiro atoms. The molecule has 1 unspecified atom stereocenters. The number of ether oxygens (including phenoxy) is 1. The van der Waals surface area contributed by atoms with Crippen molar-refractivity contribution in [3.63, 3.8) is 0 Å². The molecule has 2 fully saturated rings. The van der Waals surface area contributed by atoms with E-state index in [1.165, 1.54) is 24.8 Å². The lowest BCUT2D eigenvalue weighted by Crippen LogP contribution is -2.48. The minimum Gasteiger partial charge on any atom is -0.451 e. The van der Waals surface area contributed by atoms with E-state index in [-0.39, 0.29) is 30.5 Å². The van der Waals surface area contributed by atoms with Crippen LogP contribution in [0.4, 0.5) is 19.0 Å². The Kier molecular flexibility index (Phi) is 7.78. The Labute approximate surface area is 221 Å². The SMILES string of the molecule is CC(C)c1ncncc1-c1cc(F)ccc1Oc1cncnc1N1CCN(CC2CCCC(F)(F)C2)CC1. The Balaban J connectivity index is 1.32. The molecule has 202 valence electrons. The maximum Gasteiger partial charge on any atom is 0.248 e. The van der Waals surface area contributed by atoms with Gasteiger partial charge in [-0.2, -0.15) is 0 Å². The molecular weight excluding hydrogens is 493 g/mol. The molecule has 0 N–H and O–H groups in total. The molecule has 0 amide bonds. The van der Waals surface area contributed by atoms with Crippen molar-refractivity contribution in [2.24, 2.45) is 5.92 Å². The molecule has 1 aliphatic heterocycles. The standard InChI is InChI=1S/C28H33F3N6O/c1-19(2)26-23(14-32-17-34-26)22-12-21(29)5-6-24(22)38-25-15-33-18-35-27(25)37-10-8-36(9-11-37)16-20-4-3-7-28(30,31)13-20/h5-6,12,14-15,17-20H,3-4,7-11,13,16H2,1-2H3. The number of piperazine rings is 1. The average molecular weight is 527 g/mol. The number of halogens is 3. The van der Waals surface area contributed by atoms with Gasteiger partial charge < -0.3 is 9.64 Å². The fourth-order valence-electron chi connectivity index (χ4n) is 5.49. The van der Waals surface area contributed by atoms with Crippen molar-refractivity contribution >= 4 is 5.82 Å². The van der Waals surface area contributed by atoms with Crippen molar-refractivity contribution in [1.82, 2.24) is 24.8 Å². The quantitative estimate of drug-likeness (QED) is 0.378. The van der Waals surface area contributed by atoms with Crippen LogP contribution in [0.5, 0.6) is 11.5 Å². The lowest BCUT2D eigenvalue weighted by atomic mass is 9.86. The summed E-state index contributed by atoms with van der Waals surface area (Å²) >= 11 is 0. The first-order chi connectivity index (χ1) is 18.3. The van der Waals surface area contributed by atoms with Crippen molar-refractivity contribution in [1.29, 1.82) is 0 Å². The van der Waals surface area contributed by atoms with Crippen LogP contribution in [-0.4, -0.2) is 63.5 Å². The zero-order valence-electron chi connectivity index (χ0n) is 21.8. The highest BCUT2D eigenvalue weighted by atomic mass is 19.3. The van der Waals surface area contributed by atoms with Crippen LogP contribution < -0.4 is 9.64 Å². The lowest BCUT2D eigenvalue weighted by molar-refractivity contribution is -0.0570. The maximum atomic E-state index is 14.3. The van der Waals surface area contributed by atoms with Crippen LogP contribution in [-0.2, 0) is 0 Å². The molecule has 0 radical (unpaired) electrons. The molecule has 1 atom stereocenters. The summed E-state index contributed by atoms with van der Waals surface area (Å²) in [7, 11) is 0. The van der Waals surface area contributed by atoms with Crippen molar-refractivity contribution in [2.45, 2.75) is 51.4 Å². The average Bonchev–Trinajstić information content (AvgIpc) is 2.90. The van der Waals surface area contributed by atoms with Crippen molar-refractivity contribution in [2.75, 3.05) is 37.6 Å². The summed E-state index contributed by atoms with van der Waals surface area (Å²) in [6, 6.07) is 4.38. The number of anilines is 1. The van der Waals surface area contributed by atoms with Gasteiger partial charge in [0.2, 0.25) is 5.92 Å². The highest BCUT2D eigenvalue weighted by molar-refractivity contribution is 5.73. The number of hydrogen-bond acceptors (Lipinski definition) is 7. The molecule has 3 heterocycles. The van der Waals surface area contributed by atoms with Crippen LogP contribution in [0.15, 0.2) is 43.2 Å². The predicted octanol–water partition coefficient (Wildman–Crippen LogP) is 5.94. The lowest BCUT2D eigenvalue weighted by Gasteiger charge is -2.39. The first-order valence-corrected chi connectivity index (χ1v) is 13.2. The van der Waals surface area contributed by atoms with Gasteiger partial charge in [0, 0.05) is 62.9 Å². The fraction of sp³-hybridized carbons (Fsp3) is 0.500. The number of rotatable bonds is 7. The van der Waals surface area contributed by atoms with E-state index in [1.807, 2.05) is 13.8 Å². The summed E-state index contributed by atoms with van der Waals surface area (Å²) in [5.74, 6) is -1.21. The van der Waals surface area contributed by atoms with Gasteiger partial charge in [0.15, 0.2) is 11.6 Å². The second-order valence-electron chi connectivity index (χ2n) is 10.5. The van der Waals surface area contributed by atoms with Crippen molar-refractivity contribution < 1.29 is 17.9 Å². The number of aromatic nitrogens is 4. The molecule has 7 nitrogen and oxygen atoms in total. The molecule has 3 aromatic rings. The molecule has 1 aliphatic carbocycles. The molecule has 1 saturated heterocycles. The van der Waals surface area contributed by atoms with Gasteiger partial charge in [-0.1, -0.05) is 13.8 Å². The highest BCUT2D eigenvalue weighted by Gasteiger charge is 2.37. The number of alkyl halides is 2. The Bertz CT molecular complexity index is 1250. The van der Waals surface area contributed by atoms with Crippen LogP contribution in [0.3, 0.4) is 0 Å². The second kappa shape index (κ2) is 11.2. The van der Waals surface area contributed by atoms with E-state index in [1.54, 1.807) is 18.5 Å². The Morgan fingerprint density at radius 2 is 1.76 bits per heavy atom. The van der Waals surface area contributed by atoms with E-state index < -0.39 is 5.92 Å². The van der Waals surface area contributed by atoms with Gasteiger partial charge in [0.05, 0.1) is 11.9 Å². The predicted molar refractivity (Wildman–Crippen MR) is 139 cm³/mol. The Morgan fingerprint density at radius 1 is 1.00 bits per heavy atom. The van der Waals surface area contributed by atoms with Crippen LogP contribution in [0.2, 0.25) is 0 Å². The molecule has 0 bridgehead atoms. The zero-order chi connectivity index (χ0) is 26.7. The fourth-order valence-corrected chi connectivity index (χ4v) is 5.49. The van der Waals surface area contributed by atoms with E-state index in [9.17, 15) is 13.2 Å². The summed E-state index contributed by atoms with van der Waals surface area (Å²) in [4.78, 5) is 21.6. The highest BCUT2D eigenvalue weighted by Crippen LogP contribution is 2.40. The molecule has 10 heteroatoms. The summed E-state index contributed by atoms with van der Waals surface area (Å²) in [6.07, 6.45) is 7.71. The van der Waals surface area contributed by atoms with E-state index >= 15 is 0 Å². The summed E-state index contributed by atoms with van der Waals surface area (Å²) in [6.45, 7) is 7.64. The Morgan fingerprint density at radius 3 is 2.53 bits per heavy atom. The number of nitrogens with zero attached hydrogens (tertiary/aromatic N) is 6. The summed E-state index contributed by atoms with van der Waals surface area (Å²) < 4.78 is 48.4. The van der Waals surface area contributed by atoms with E-state index in [0.29, 0.717) is 54.5 Å². The minimum absolute atomic E-state index is 0.0118. The molecule has 1 aromatic carbocycles. The Hall–Kier alpha value is -3.27. The normalized spacial score (nSPS) is 20.1. The molecule has 2 aromatic heterocycles. The topological polar surface area (TPSA) is 67.3 Å². The minimum atomic E-state index is -2.53. The summed E-state index contributed by atoms with van der Waals surface area (Å²) in [5.41, 5.74) is 2.06. The van der Waals surface area contributed by atoms with Gasteiger partial charge in [-0.25, -0.2) is 33.1 Å². The number of hydrogen-bond donors (Lipinski definition) is 0. The third-order valence-electron chi connectivity index (χ3n) is 7.33. The van der Waals surface area contributed by atoms with Gasteiger partial charge in [-0.15, -0.1) is 0 Å². The van der Waals surface area contributed by atoms with Crippen LogP contribution >= 0.6 is 0 Å². The molecular formula is C28H33F3N6O. The van der Waals surface area contributed by atoms with Gasteiger partial charge in [0.25, 0.3) is 0 Å². The molecule has 38 heavy (non-hydrogen) atoms. The molecule has 5 rings (SSSR count). The third-order valence-corrected chi connectivity index (χ3v) is 7.33. The van der Waals surface area contributed by atoms with Crippen LogP contribution in [0.25, 0.3) is 11.1 Å². The number of benzene rings is 1. The maximum absolute atomic E-state index is 14.3. The van der Waals surface area contributed by atoms with Gasteiger partial charge in [-0.3, -0.25) is 4.90 Å². The van der Waals surface area contributed by atoms with Crippen LogP contribution in [0.1, 0.15) is 51.1 Å². The van der Waals surface area contributed by atoms with Gasteiger partial charge in [-0.05, 0) is 42.9 Å².